The van der Waals surface area contributed by atoms with Gasteiger partial charge in [-0.2, -0.15) is 0 Å². The van der Waals surface area contributed by atoms with Crippen molar-refractivity contribution in [3.05, 3.63) is 51.4 Å². The number of hydrogen-bond acceptors (Lipinski definition) is 5. The summed E-state index contributed by atoms with van der Waals surface area (Å²) in [5.41, 5.74) is 1.10. The molecule has 5 nitrogen and oxygen atoms in total. The van der Waals surface area contributed by atoms with E-state index in [9.17, 15) is 9.59 Å². The molecule has 2 rings (SSSR count). The Morgan fingerprint density at radius 3 is 2.33 bits per heavy atom. The number of halogens is 1. The molecule has 1 aliphatic rings. The number of carbonyl (C=O) groups excluding carboxylic acids is 2. The highest BCUT2D eigenvalue weighted by molar-refractivity contribution is 9.10. The third-order valence-corrected chi connectivity index (χ3v) is 3.53. The lowest BCUT2D eigenvalue weighted by Gasteiger charge is -2.06. The van der Waals surface area contributed by atoms with Crippen LogP contribution in [0.15, 0.2) is 45.8 Å². The zero-order chi connectivity index (χ0) is 15.6. The summed E-state index contributed by atoms with van der Waals surface area (Å²) in [4.78, 5) is 23.7. The molecule has 0 unspecified atom stereocenters. The smallest absolute Gasteiger partial charge is 0.348 e. The Morgan fingerprint density at radius 1 is 1.19 bits per heavy atom. The Bertz CT molecular complexity index is 655. The third-order valence-electron chi connectivity index (χ3n) is 3.00. The van der Waals surface area contributed by atoms with Crippen LogP contribution in [0.4, 0.5) is 0 Å². The van der Waals surface area contributed by atoms with Crippen molar-refractivity contribution in [3.8, 4) is 0 Å². The van der Waals surface area contributed by atoms with Gasteiger partial charge in [-0.3, -0.25) is 0 Å². The fourth-order valence-corrected chi connectivity index (χ4v) is 2.21. The van der Waals surface area contributed by atoms with E-state index in [0.29, 0.717) is 5.56 Å². The van der Waals surface area contributed by atoms with Gasteiger partial charge in [0.2, 0.25) is 0 Å². The number of esters is 2. The van der Waals surface area contributed by atoms with Gasteiger partial charge < -0.3 is 14.2 Å². The first kappa shape index (κ1) is 15.3. The minimum Gasteiger partial charge on any atom is -0.492 e. The Morgan fingerprint density at radius 2 is 1.81 bits per heavy atom. The molecule has 0 saturated heterocycles. The van der Waals surface area contributed by atoms with E-state index >= 15 is 0 Å². The number of methoxy groups -OCH3 is 2. The number of rotatable bonds is 3. The predicted molar refractivity (Wildman–Crippen MR) is 78.9 cm³/mol. The molecule has 0 bridgehead atoms. The maximum absolute atomic E-state index is 12.1. The summed E-state index contributed by atoms with van der Waals surface area (Å²) < 4.78 is 16.0. The van der Waals surface area contributed by atoms with Crippen LogP contribution in [-0.2, 0) is 23.8 Å². The van der Waals surface area contributed by atoms with Crippen molar-refractivity contribution < 1.29 is 23.8 Å². The van der Waals surface area contributed by atoms with Gasteiger partial charge >= 0.3 is 11.9 Å². The second-order valence-corrected chi connectivity index (χ2v) is 5.17. The van der Waals surface area contributed by atoms with Crippen LogP contribution in [0.25, 0.3) is 5.57 Å². The zero-order valence-electron chi connectivity index (χ0n) is 11.7. The van der Waals surface area contributed by atoms with Gasteiger partial charge in [-0.25, -0.2) is 9.59 Å². The summed E-state index contributed by atoms with van der Waals surface area (Å²) in [5.74, 6) is -0.825. The first-order valence-corrected chi connectivity index (χ1v) is 6.84. The summed E-state index contributed by atoms with van der Waals surface area (Å²) >= 11 is 3.33. The van der Waals surface area contributed by atoms with Gasteiger partial charge in [0.25, 0.3) is 0 Å². The minimum atomic E-state index is -0.579. The molecule has 0 aromatic heterocycles. The van der Waals surface area contributed by atoms with Crippen molar-refractivity contribution in [3.63, 3.8) is 0 Å². The Balaban J connectivity index is 2.59. The SMILES string of the molecule is COC(=O)/C(C)=C1/OC(=O)C(c2ccc(Br)cc2)=C1OC. The molecular formula is C15H13BrO5. The molecular weight excluding hydrogens is 340 g/mol. The standard InChI is InChI=1S/C15H13BrO5/c1-8(14(17)20-3)12-13(19-2)11(15(18)21-12)9-4-6-10(16)7-5-9/h4-7H,1-3H3/b12-8+. The largest absolute Gasteiger partial charge is 0.492 e. The van der Waals surface area contributed by atoms with E-state index in [-0.39, 0.29) is 22.7 Å². The summed E-state index contributed by atoms with van der Waals surface area (Å²) in [6.45, 7) is 1.51. The van der Waals surface area contributed by atoms with Crippen LogP contribution < -0.4 is 0 Å². The molecule has 0 amide bonds. The lowest BCUT2D eigenvalue weighted by molar-refractivity contribution is -0.136. The second kappa shape index (κ2) is 6.13. The van der Waals surface area contributed by atoms with Crippen molar-refractivity contribution in [1.82, 2.24) is 0 Å². The quantitative estimate of drug-likeness (QED) is 0.618. The van der Waals surface area contributed by atoms with Crippen molar-refractivity contribution in [2.24, 2.45) is 0 Å². The first-order valence-electron chi connectivity index (χ1n) is 6.05. The maximum atomic E-state index is 12.1. The fraction of sp³-hybridized carbons (Fsp3) is 0.200. The van der Waals surface area contributed by atoms with Crippen LogP contribution in [0.5, 0.6) is 0 Å². The molecule has 0 N–H and O–H groups in total. The average Bonchev–Trinajstić information content (AvgIpc) is 2.83. The molecule has 0 spiro atoms. The molecule has 6 heteroatoms. The summed E-state index contributed by atoms with van der Waals surface area (Å²) in [6, 6.07) is 7.13. The molecule has 1 heterocycles. The van der Waals surface area contributed by atoms with Crippen LogP contribution in [0.2, 0.25) is 0 Å². The van der Waals surface area contributed by atoms with E-state index in [4.69, 9.17) is 9.47 Å². The van der Waals surface area contributed by atoms with E-state index in [1.807, 2.05) is 0 Å². The molecule has 0 saturated carbocycles. The van der Waals surface area contributed by atoms with E-state index in [0.717, 1.165) is 4.47 Å². The van der Waals surface area contributed by atoms with E-state index in [1.165, 1.54) is 21.1 Å². The normalized spacial score (nSPS) is 16.7. The number of benzene rings is 1. The van der Waals surface area contributed by atoms with Gasteiger partial charge in [-0.05, 0) is 24.6 Å². The second-order valence-electron chi connectivity index (χ2n) is 4.25. The molecule has 0 fully saturated rings. The van der Waals surface area contributed by atoms with Crippen LogP contribution in [0.3, 0.4) is 0 Å². The van der Waals surface area contributed by atoms with Gasteiger partial charge in [-0.1, -0.05) is 28.1 Å². The maximum Gasteiger partial charge on any atom is 0.348 e. The van der Waals surface area contributed by atoms with Gasteiger partial charge in [0.1, 0.15) is 5.57 Å². The molecule has 110 valence electrons. The first-order chi connectivity index (χ1) is 9.99. The van der Waals surface area contributed by atoms with E-state index in [2.05, 4.69) is 20.7 Å². The van der Waals surface area contributed by atoms with Crippen LogP contribution in [0.1, 0.15) is 12.5 Å². The number of carbonyl (C=O) groups is 2. The highest BCUT2D eigenvalue weighted by Gasteiger charge is 2.35. The third kappa shape index (κ3) is 2.85. The molecule has 1 aliphatic heterocycles. The molecule has 0 atom stereocenters. The van der Waals surface area contributed by atoms with Gasteiger partial charge in [0.15, 0.2) is 11.5 Å². The van der Waals surface area contributed by atoms with E-state index in [1.54, 1.807) is 24.3 Å². The average molecular weight is 353 g/mol. The Labute approximate surface area is 130 Å². The van der Waals surface area contributed by atoms with Gasteiger partial charge in [0.05, 0.1) is 19.8 Å². The Hall–Kier alpha value is -2.08. The van der Waals surface area contributed by atoms with Crippen molar-refractivity contribution in [1.29, 1.82) is 0 Å². The highest BCUT2D eigenvalue weighted by atomic mass is 79.9. The van der Waals surface area contributed by atoms with Crippen molar-refractivity contribution in [2.45, 2.75) is 6.92 Å². The lowest BCUT2D eigenvalue weighted by atomic mass is 10.0. The molecule has 1 aromatic rings. The van der Waals surface area contributed by atoms with Crippen LogP contribution in [-0.4, -0.2) is 26.2 Å². The van der Waals surface area contributed by atoms with Gasteiger partial charge in [-0.15, -0.1) is 0 Å². The highest BCUT2D eigenvalue weighted by Crippen LogP contribution is 2.35. The lowest BCUT2D eigenvalue weighted by Crippen LogP contribution is -2.07. The molecule has 0 aliphatic carbocycles. The number of cyclic esters (lactones) is 1. The van der Waals surface area contributed by atoms with Crippen molar-refractivity contribution in [2.75, 3.05) is 14.2 Å². The van der Waals surface area contributed by atoms with E-state index < -0.39 is 11.9 Å². The molecule has 0 radical (unpaired) electrons. The van der Waals surface area contributed by atoms with Crippen molar-refractivity contribution >= 4 is 33.4 Å². The van der Waals surface area contributed by atoms with Gasteiger partial charge in [0, 0.05) is 4.47 Å². The predicted octanol–water partition coefficient (Wildman–Crippen LogP) is 2.81. The van der Waals surface area contributed by atoms with Crippen LogP contribution in [0, 0.1) is 0 Å². The minimum absolute atomic E-state index is 0.0901. The van der Waals surface area contributed by atoms with Crippen LogP contribution >= 0.6 is 15.9 Å². The topological polar surface area (TPSA) is 61.8 Å². The fourth-order valence-electron chi connectivity index (χ4n) is 1.95. The molecule has 1 aromatic carbocycles. The monoisotopic (exact) mass is 352 g/mol. The summed E-state index contributed by atoms with van der Waals surface area (Å²) in [7, 11) is 2.68. The Kier molecular flexibility index (Phi) is 4.47. The molecule has 21 heavy (non-hydrogen) atoms. The zero-order valence-corrected chi connectivity index (χ0v) is 13.3. The summed E-state index contributed by atoms with van der Waals surface area (Å²) in [5, 5.41) is 0. The number of hydrogen-bond donors (Lipinski definition) is 0. The number of ether oxygens (including phenoxy) is 3. The summed E-state index contributed by atoms with van der Waals surface area (Å²) in [6.07, 6.45) is 0.